The van der Waals surface area contributed by atoms with Crippen LogP contribution in [-0.4, -0.2) is 51.5 Å². The lowest BCUT2D eigenvalue weighted by Gasteiger charge is -2.26. The molecule has 0 aromatic heterocycles. The van der Waals surface area contributed by atoms with Crippen molar-refractivity contribution in [1.82, 2.24) is 10.2 Å². The quantitative estimate of drug-likeness (QED) is 0.119. The SMILES string of the molecule is C=C(/C=C\N(C)C1OC(COPOc2ccc(/C=C/c3cc(OC)cc(OC)c3)cc2)CC1C)NC=O. The van der Waals surface area contributed by atoms with Crippen molar-refractivity contribution < 1.29 is 28.1 Å². The summed E-state index contributed by atoms with van der Waals surface area (Å²) in [4.78, 5) is 12.5. The number of allylic oxidation sites excluding steroid dienone is 1. The zero-order chi connectivity index (χ0) is 26.6. The van der Waals surface area contributed by atoms with Gasteiger partial charge in [0.25, 0.3) is 0 Å². The molecule has 0 bridgehead atoms. The van der Waals surface area contributed by atoms with Crippen LogP contribution in [0.2, 0.25) is 0 Å². The van der Waals surface area contributed by atoms with Gasteiger partial charge in [0.2, 0.25) is 15.4 Å². The molecule has 1 aliphatic heterocycles. The maximum Gasteiger partial charge on any atom is 0.215 e. The van der Waals surface area contributed by atoms with Crippen LogP contribution >= 0.6 is 9.03 Å². The van der Waals surface area contributed by atoms with Crippen molar-refractivity contribution >= 4 is 27.6 Å². The zero-order valence-corrected chi connectivity index (χ0v) is 22.7. The molecule has 1 amide bonds. The molecule has 1 N–H and O–H groups in total. The minimum atomic E-state index is -0.123. The molecule has 4 atom stereocenters. The standard InChI is InChI=1S/C28H35N2O6P/c1-20-14-27(35-28(20)30(3)13-12-21(2)29-19-31)18-34-37-36-24-10-8-22(9-11-24)6-7-23-15-25(32-4)17-26(16-23)33-5/h6-13,15-17,19-20,27-28,37H,2,14,18H2,1,3-5H3,(H,29,31)/b7-6+,13-12-. The largest absolute Gasteiger partial charge is 0.497 e. The van der Waals surface area contributed by atoms with Crippen LogP contribution in [0.15, 0.2) is 67.0 Å². The molecule has 0 radical (unpaired) electrons. The van der Waals surface area contributed by atoms with E-state index in [0.717, 1.165) is 34.8 Å². The number of amides is 1. The fraction of sp³-hybridized carbons (Fsp3) is 0.321. The third-order valence-electron chi connectivity index (χ3n) is 5.82. The summed E-state index contributed by atoms with van der Waals surface area (Å²) >= 11 is 0. The van der Waals surface area contributed by atoms with Crippen LogP contribution in [0.3, 0.4) is 0 Å². The Morgan fingerprint density at radius 3 is 2.43 bits per heavy atom. The van der Waals surface area contributed by atoms with E-state index >= 15 is 0 Å². The molecule has 3 rings (SSSR count). The highest BCUT2D eigenvalue weighted by Gasteiger charge is 2.34. The molecule has 0 saturated carbocycles. The second-order valence-corrected chi connectivity index (χ2v) is 9.33. The van der Waals surface area contributed by atoms with Crippen molar-refractivity contribution in [2.45, 2.75) is 25.7 Å². The van der Waals surface area contributed by atoms with Crippen LogP contribution in [0.1, 0.15) is 24.5 Å². The van der Waals surface area contributed by atoms with Crippen molar-refractivity contribution in [3.05, 3.63) is 78.1 Å². The molecule has 2 aromatic carbocycles. The molecule has 4 unspecified atom stereocenters. The molecule has 1 aliphatic rings. The van der Waals surface area contributed by atoms with E-state index in [1.165, 1.54) is 0 Å². The average molecular weight is 527 g/mol. The number of methoxy groups -OCH3 is 2. The molecular weight excluding hydrogens is 491 g/mol. The van der Waals surface area contributed by atoms with E-state index in [1.54, 1.807) is 20.3 Å². The van der Waals surface area contributed by atoms with E-state index in [0.29, 0.717) is 24.6 Å². The van der Waals surface area contributed by atoms with Crippen LogP contribution in [-0.2, 0) is 14.1 Å². The van der Waals surface area contributed by atoms with Crippen molar-refractivity contribution in [2.24, 2.45) is 5.92 Å². The number of hydrogen-bond donors (Lipinski definition) is 1. The second-order valence-electron chi connectivity index (χ2n) is 8.68. The molecule has 1 fully saturated rings. The minimum Gasteiger partial charge on any atom is -0.497 e. The Hall–Kier alpha value is -3.32. The molecule has 8 nitrogen and oxygen atoms in total. The zero-order valence-electron chi connectivity index (χ0n) is 21.7. The lowest BCUT2D eigenvalue weighted by atomic mass is 10.1. The number of benzene rings is 2. The number of rotatable bonds is 14. The normalized spacial score (nSPS) is 19.5. The van der Waals surface area contributed by atoms with Crippen molar-refractivity contribution in [3.63, 3.8) is 0 Å². The first-order valence-corrected chi connectivity index (χ1v) is 12.7. The smallest absolute Gasteiger partial charge is 0.215 e. The predicted octanol–water partition coefficient (Wildman–Crippen LogP) is 5.23. The third-order valence-corrected chi connectivity index (χ3v) is 6.42. The van der Waals surface area contributed by atoms with Crippen LogP contribution in [0.5, 0.6) is 17.2 Å². The topological polar surface area (TPSA) is 78.5 Å². The number of hydrogen-bond acceptors (Lipinski definition) is 7. The molecule has 198 valence electrons. The van der Waals surface area contributed by atoms with Gasteiger partial charge in [-0.05, 0) is 47.9 Å². The Bertz CT molecular complexity index is 1070. The van der Waals surface area contributed by atoms with E-state index in [9.17, 15) is 4.79 Å². The molecular formula is C28H35N2O6P. The van der Waals surface area contributed by atoms with Gasteiger partial charge in [-0.15, -0.1) is 0 Å². The lowest BCUT2D eigenvalue weighted by molar-refractivity contribution is -0.108. The van der Waals surface area contributed by atoms with Crippen molar-refractivity contribution in [2.75, 3.05) is 27.9 Å². The molecule has 1 saturated heterocycles. The highest BCUT2D eigenvalue weighted by atomic mass is 31.1. The second kappa shape index (κ2) is 14.4. The van der Waals surface area contributed by atoms with Gasteiger partial charge < -0.3 is 33.5 Å². The van der Waals surface area contributed by atoms with Gasteiger partial charge in [-0.25, -0.2) is 0 Å². The van der Waals surface area contributed by atoms with Gasteiger partial charge in [0.1, 0.15) is 23.5 Å². The van der Waals surface area contributed by atoms with Crippen molar-refractivity contribution in [1.29, 1.82) is 0 Å². The predicted molar refractivity (Wildman–Crippen MR) is 147 cm³/mol. The number of ether oxygens (including phenoxy) is 3. The van der Waals surface area contributed by atoms with Crippen LogP contribution in [0, 0.1) is 5.92 Å². The van der Waals surface area contributed by atoms with Crippen LogP contribution < -0.4 is 19.3 Å². The summed E-state index contributed by atoms with van der Waals surface area (Å²) in [6, 6.07) is 13.6. The van der Waals surface area contributed by atoms with E-state index in [4.69, 9.17) is 23.3 Å². The Kier molecular flexibility index (Phi) is 11.0. The highest BCUT2D eigenvalue weighted by Crippen LogP contribution is 2.31. The number of nitrogens with zero attached hydrogens (tertiary/aromatic N) is 1. The molecule has 37 heavy (non-hydrogen) atoms. The molecule has 0 spiro atoms. The summed E-state index contributed by atoms with van der Waals surface area (Å²) in [5.41, 5.74) is 2.55. The Balaban J connectivity index is 1.41. The van der Waals surface area contributed by atoms with Gasteiger partial charge in [0.05, 0.1) is 26.9 Å². The maximum absolute atomic E-state index is 10.5. The lowest BCUT2D eigenvalue weighted by Crippen LogP contribution is -2.31. The first-order chi connectivity index (χ1) is 17.9. The third kappa shape index (κ3) is 8.93. The molecule has 9 heteroatoms. The van der Waals surface area contributed by atoms with Gasteiger partial charge >= 0.3 is 0 Å². The van der Waals surface area contributed by atoms with Crippen molar-refractivity contribution in [3.8, 4) is 17.2 Å². The molecule has 0 aliphatic carbocycles. The first kappa shape index (κ1) is 28.3. The Morgan fingerprint density at radius 2 is 1.78 bits per heavy atom. The fourth-order valence-electron chi connectivity index (χ4n) is 3.91. The maximum atomic E-state index is 10.5. The highest BCUT2D eigenvalue weighted by molar-refractivity contribution is 7.26. The summed E-state index contributed by atoms with van der Waals surface area (Å²) in [6.07, 6.45) is 9.02. The van der Waals surface area contributed by atoms with Gasteiger partial charge in [-0.3, -0.25) is 4.79 Å². The van der Waals surface area contributed by atoms with E-state index in [-0.39, 0.29) is 21.4 Å². The number of nitrogens with one attached hydrogen (secondary N) is 1. The van der Waals surface area contributed by atoms with Gasteiger partial charge in [-0.1, -0.05) is 37.8 Å². The van der Waals surface area contributed by atoms with Gasteiger partial charge in [0, 0.05) is 30.9 Å². The van der Waals surface area contributed by atoms with E-state index < -0.39 is 0 Å². The fourth-order valence-corrected chi connectivity index (χ4v) is 4.45. The number of carbonyl (C=O) groups excluding carboxylic acids is 1. The summed E-state index contributed by atoms with van der Waals surface area (Å²) < 4.78 is 28.3. The summed E-state index contributed by atoms with van der Waals surface area (Å²) in [5, 5.41) is 2.51. The van der Waals surface area contributed by atoms with E-state index in [2.05, 4.69) is 18.8 Å². The molecule has 2 aromatic rings. The van der Waals surface area contributed by atoms with Gasteiger partial charge in [0.15, 0.2) is 0 Å². The first-order valence-electron chi connectivity index (χ1n) is 11.9. The summed E-state index contributed by atoms with van der Waals surface area (Å²) in [6.45, 7) is 6.35. The van der Waals surface area contributed by atoms with Crippen LogP contribution in [0.25, 0.3) is 12.2 Å². The van der Waals surface area contributed by atoms with Crippen LogP contribution in [0.4, 0.5) is 0 Å². The van der Waals surface area contributed by atoms with Gasteiger partial charge in [-0.2, -0.15) is 0 Å². The Labute approximate surface area is 220 Å². The number of carbonyl (C=O) groups is 1. The average Bonchev–Trinajstić information content (AvgIpc) is 3.29. The summed E-state index contributed by atoms with van der Waals surface area (Å²) in [7, 11) is 5.09. The monoisotopic (exact) mass is 526 g/mol. The minimum absolute atomic E-state index is 0.00833. The van der Waals surface area contributed by atoms with E-state index in [1.807, 2.05) is 72.8 Å². The summed E-state index contributed by atoms with van der Waals surface area (Å²) in [5.74, 6) is 2.57. The molecule has 1 heterocycles. The Morgan fingerprint density at radius 1 is 1.11 bits per heavy atom.